The van der Waals surface area contributed by atoms with Crippen LogP contribution in [-0.2, 0) is 26.0 Å². The highest BCUT2D eigenvalue weighted by Gasteiger charge is 2.29. The Labute approximate surface area is 193 Å². The minimum atomic E-state index is -4.07. The lowest BCUT2D eigenvalue weighted by Gasteiger charge is -2.22. The zero-order valence-electron chi connectivity index (χ0n) is 18.3. The number of rotatable bonds is 10. The summed E-state index contributed by atoms with van der Waals surface area (Å²) in [4.78, 5) is 25.0. The Morgan fingerprint density at radius 1 is 0.909 bits per heavy atom. The Kier molecular flexibility index (Phi) is 7.80. The number of aryl methyl sites for hydroxylation is 1. The first-order valence-electron chi connectivity index (χ1n) is 10.6. The highest BCUT2D eigenvalue weighted by atomic mass is 32.2. The van der Waals surface area contributed by atoms with Crippen LogP contribution in [0, 0.1) is 6.92 Å². The van der Waals surface area contributed by atoms with Crippen LogP contribution < -0.4 is 21.5 Å². The van der Waals surface area contributed by atoms with Gasteiger partial charge in [0.25, 0.3) is 0 Å². The highest BCUT2D eigenvalue weighted by molar-refractivity contribution is 7.89. The molecule has 0 fully saturated rings. The molecular weight excluding hydrogens is 440 g/mol. The number of fused-ring (bicyclic) bond motifs is 1. The minimum Gasteiger partial charge on any atom is -0.368 e. The number of hydrogen-bond donors (Lipinski definition) is 4. The summed E-state index contributed by atoms with van der Waals surface area (Å²) in [7, 11) is -4.07. The van der Waals surface area contributed by atoms with Crippen molar-refractivity contribution in [3.8, 4) is 0 Å². The third kappa shape index (κ3) is 5.95. The smallest absolute Gasteiger partial charge is 0.241 e. The maximum atomic E-state index is 13.2. The van der Waals surface area contributed by atoms with Gasteiger partial charge >= 0.3 is 0 Å². The molecule has 0 aliphatic heterocycles. The third-order valence-corrected chi connectivity index (χ3v) is 6.93. The van der Waals surface area contributed by atoms with E-state index in [4.69, 9.17) is 11.5 Å². The van der Waals surface area contributed by atoms with Crippen LogP contribution >= 0.6 is 0 Å². The van der Waals surface area contributed by atoms with Gasteiger partial charge in [0.2, 0.25) is 21.8 Å². The molecule has 0 aliphatic rings. The molecule has 6 N–H and O–H groups in total. The van der Waals surface area contributed by atoms with E-state index in [0.29, 0.717) is 5.39 Å². The molecule has 3 aromatic carbocycles. The topological polar surface area (TPSA) is 144 Å². The lowest BCUT2D eigenvalue weighted by atomic mass is 10.0. The number of benzene rings is 3. The largest absolute Gasteiger partial charge is 0.368 e. The van der Waals surface area contributed by atoms with Crippen molar-refractivity contribution in [1.82, 2.24) is 10.0 Å². The molecule has 0 heterocycles. The number of sulfonamides is 1. The summed E-state index contributed by atoms with van der Waals surface area (Å²) in [6.07, 6.45) is 0.234. The van der Waals surface area contributed by atoms with Crippen molar-refractivity contribution in [3.05, 3.63) is 77.9 Å². The Morgan fingerprint density at radius 2 is 1.55 bits per heavy atom. The predicted molar refractivity (Wildman–Crippen MR) is 128 cm³/mol. The molecule has 2 amide bonds. The van der Waals surface area contributed by atoms with Gasteiger partial charge in [-0.15, -0.1) is 0 Å². The molecule has 33 heavy (non-hydrogen) atoms. The Morgan fingerprint density at radius 3 is 2.18 bits per heavy atom. The number of carbonyl (C=O) groups is 2. The van der Waals surface area contributed by atoms with Crippen molar-refractivity contribution in [3.63, 3.8) is 0 Å². The number of carbonyl (C=O) groups excluding carboxylic acids is 2. The van der Waals surface area contributed by atoms with E-state index in [1.54, 1.807) is 18.2 Å². The maximum absolute atomic E-state index is 13.2. The SMILES string of the molecule is Cc1ccc(S(=O)(=O)NC(CCN)C(=O)NC(Cc2ccccc2)C(N)=O)c2ccccc12. The van der Waals surface area contributed by atoms with Gasteiger partial charge in [-0.25, -0.2) is 8.42 Å². The molecular formula is C24H28N4O4S. The van der Waals surface area contributed by atoms with Crippen LogP contribution in [-0.4, -0.2) is 38.9 Å². The van der Waals surface area contributed by atoms with Crippen molar-refractivity contribution >= 4 is 32.6 Å². The lowest BCUT2D eigenvalue weighted by molar-refractivity contribution is -0.128. The first-order valence-corrected chi connectivity index (χ1v) is 12.1. The fraction of sp³-hybridized carbons (Fsp3) is 0.250. The number of hydrogen-bond acceptors (Lipinski definition) is 5. The Bertz CT molecular complexity index is 1250. The average Bonchev–Trinajstić information content (AvgIpc) is 2.79. The Hall–Kier alpha value is -3.27. The summed E-state index contributed by atoms with van der Waals surface area (Å²) < 4.78 is 28.9. The molecule has 2 atom stereocenters. The van der Waals surface area contributed by atoms with Crippen molar-refractivity contribution in [2.45, 2.75) is 36.7 Å². The van der Waals surface area contributed by atoms with Crippen LogP contribution in [0.25, 0.3) is 10.8 Å². The first kappa shape index (κ1) is 24.4. The minimum absolute atomic E-state index is 0.0473. The second kappa shape index (κ2) is 10.6. The summed E-state index contributed by atoms with van der Waals surface area (Å²) in [5, 5.41) is 3.93. The van der Waals surface area contributed by atoms with E-state index in [2.05, 4.69) is 10.0 Å². The van der Waals surface area contributed by atoms with Crippen molar-refractivity contribution in [1.29, 1.82) is 0 Å². The molecule has 174 valence electrons. The van der Waals surface area contributed by atoms with Gasteiger partial charge in [-0.1, -0.05) is 60.7 Å². The monoisotopic (exact) mass is 468 g/mol. The zero-order valence-corrected chi connectivity index (χ0v) is 19.1. The van der Waals surface area contributed by atoms with Crippen LogP contribution in [0.5, 0.6) is 0 Å². The van der Waals surface area contributed by atoms with Gasteiger partial charge in [0.15, 0.2) is 0 Å². The molecule has 0 bridgehead atoms. The molecule has 3 rings (SSSR count). The number of amides is 2. The summed E-state index contributed by atoms with van der Waals surface area (Å²) in [5.74, 6) is -1.38. The standard InChI is InChI=1S/C24H28N4O4S/c1-16-11-12-22(19-10-6-5-9-18(16)19)33(31,32)28-20(13-14-25)24(30)27-21(23(26)29)15-17-7-3-2-4-8-17/h2-12,20-21,28H,13-15,25H2,1H3,(H2,26,29)(H,27,30). The van der Waals surface area contributed by atoms with Gasteiger partial charge in [-0.2, -0.15) is 4.72 Å². The molecule has 2 unspecified atom stereocenters. The molecule has 9 heteroatoms. The molecule has 3 aromatic rings. The molecule has 8 nitrogen and oxygen atoms in total. The third-order valence-electron chi connectivity index (χ3n) is 5.40. The van der Waals surface area contributed by atoms with Gasteiger partial charge in [-0.05, 0) is 42.5 Å². The van der Waals surface area contributed by atoms with E-state index in [0.717, 1.165) is 16.5 Å². The van der Waals surface area contributed by atoms with Crippen molar-refractivity contribution < 1.29 is 18.0 Å². The van der Waals surface area contributed by atoms with Gasteiger partial charge < -0.3 is 16.8 Å². The first-order chi connectivity index (χ1) is 15.7. The number of nitrogens with one attached hydrogen (secondary N) is 2. The van der Waals surface area contributed by atoms with Gasteiger partial charge in [0.1, 0.15) is 12.1 Å². The second-order valence-electron chi connectivity index (χ2n) is 7.83. The highest BCUT2D eigenvalue weighted by Crippen LogP contribution is 2.26. The Balaban J connectivity index is 1.84. The van der Waals surface area contributed by atoms with Crippen molar-refractivity contribution in [2.75, 3.05) is 6.54 Å². The van der Waals surface area contributed by atoms with Crippen LogP contribution in [0.4, 0.5) is 0 Å². The fourth-order valence-electron chi connectivity index (χ4n) is 3.66. The maximum Gasteiger partial charge on any atom is 0.241 e. The van der Waals surface area contributed by atoms with Crippen molar-refractivity contribution in [2.24, 2.45) is 11.5 Å². The molecule has 0 saturated carbocycles. The molecule has 0 aromatic heterocycles. The van der Waals surface area contributed by atoms with E-state index >= 15 is 0 Å². The van der Waals surface area contributed by atoms with E-state index in [-0.39, 0.29) is 24.3 Å². The summed E-state index contributed by atoms with van der Waals surface area (Å²) in [5.41, 5.74) is 12.9. The number of primary amides is 1. The van der Waals surface area contributed by atoms with E-state index in [1.165, 1.54) is 6.07 Å². The zero-order chi connectivity index (χ0) is 24.0. The summed E-state index contributed by atoms with van der Waals surface area (Å²) >= 11 is 0. The second-order valence-corrected chi connectivity index (χ2v) is 9.51. The van der Waals surface area contributed by atoms with Crippen LogP contribution in [0.3, 0.4) is 0 Å². The summed E-state index contributed by atoms with van der Waals surface area (Å²) in [6, 6.07) is 17.3. The van der Waals surface area contributed by atoms with Gasteiger partial charge in [-0.3, -0.25) is 9.59 Å². The molecule has 0 saturated heterocycles. The molecule has 0 radical (unpaired) electrons. The van der Waals surface area contributed by atoms with Gasteiger partial charge in [0, 0.05) is 11.8 Å². The number of nitrogens with two attached hydrogens (primary N) is 2. The van der Waals surface area contributed by atoms with Gasteiger partial charge in [0.05, 0.1) is 4.90 Å². The van der Waals surface area contributed by atoms with E-state index in [9.17, 15) is 18.0 Å². The van der Waals surface area contributed by atoms with E-state index in [1.807, 2.05) is 49.4 Å². The summed E-state index contributed by atoms with van der Waals surface area (Å²) in [6.45, 7) is 1.96. The van der Waals surface area contributed by atoms with Crippen LogP contribution in [0.15, 0.2) is 71.6 Å². The van der Waals surface area contributed by atoms with Crippen LogP contribution in [0.2, 0.25) is 0 Å². The normalized spacial score (nSPS) is 13.4. The predicted octanol–water partition coefficient (Wildman–Crippen LogP) is 1.36. The quantitative estimate of drug-likeness (QED) is 0.355. The van der Waals surface area contributed by atoms with E-state index < -0.39 is 33.9 Å². The fourth-order valence-corrected chi connectivity index (χ4v) is 5.10. The van der Waals surface area contributed by atoms with Crippen LogP contribution in [0.1, 0.15) is 17.5 Å². The molecule has 0 spiro atoms. The molecule has 0 aliphatic carbocycles. The average molecular weight is 469 g/mol. The lowest BCUT2D eigenvalue weighted by Crippen LogP contribution is -2.54.